The molecule has 6 heteroatoms. The van der Waals surface area contributed by atoms with Gasteiger partial charge in [0.25, 0.3) is 0 Å². The molecule has 0 aliphatic carbocycles. The number of rotatable bonds is 6. The van der Waals surface area contributed by atoms with Gasteiger partial charge in [0.1, 0.15) is 11.9 Å². The number of piperidine rings is 1. The van der Waals surface area contributed by atoms with Gasteiger partial charge in [-0.2, -0.15) is 0 Å². The number of halogens is 1. The molecular weight excluding hydrogens is 330 g/mol. The van der Waals surface area contributed by atoms with Crippen molar-refractivity contribution < 1.29 is 4.74 Å². The molecule has 1 aliphatic heterocycles. The second-order valence-electron chi connectivity index (χ2n) is 5.73. The lowest BCUT2D eigenvalue weighted by atomic mass is 10.1. The predicted molar refractivity (Wildman–Crippen MR) is 96.7 cm³/mol. The maximum Gasteiger partial charge on any atom is 0.183 e. The van der Waals surface area contributed by atoms with Crippen molar-refractivity contribution in [2.24, 2.45) is 0 Å². The summed E-state index contributed by atoms with van der Waals surface area (Å²) in [5, 5.41) is 3.37. The Bertz CT molecular complexity index is 617. The highest BCUT2D eigenvalue weighted by Crippen LogP contribution is 2.22. The van der Waals surface area contributed by atoms with Crippen LogP contribution in [-0.4, -0.2) is 35.6 Å². The summed E-state index contributed by atoms with van der Waals surface area (Å²) in [4.78, 5) is 7.61. The minimum absolute atomic E-state index is 0.307. The van der Waals surface area contributed by atoms with E-state index >= 15 is 0 Å². The lowest BCUT2D eigenvalue weighted by molar-refractivity contribution is 0.0920. The Labute approximate surface area is 146 Å². The number of likely N-dealkylation sites (N-methyl/N-ethyl adjacent to an activating group) is 1. The van der Waals surface area contributed by atoms with E-state index in [0.717, 1.165) is 42.4 Å². The summed E-state index contributed by atoms with van der Waals surface area (Å²) >= 11 is 7.33. The molecule has 1 saturated heterocycles. The van der Waals surface area contributed by atoms with Crippen molar-refractivity contribution in [3.05, 3.63) is 39.8 Å². The van der Waals surface area contributed by atoms with Gasteiger partial charge in [0.05, 0.1) is 6.54 Å². The van der Waals surface area contributed by atoms with E-state index < -0.39 is 0 Å². The highest BCUT2D eigenvalue weighted by molar-refractivity contribution is 7.15. The molecule has 0 radical (unpaired) electrons. The zero-order valence-electron chi connectivity index (χ0n) is 13.3. The van der Waals surface area contributed by atoms with Crippen LogP contribution < -0.4 is 10.1 Å². The van der Waals surface area contributed by atoms with Crippen molar-refractivity contribution in [2.75, 3.05) is 25.0 Å². The fourth-order valence-corrected chi connectivity index (χ4v) is 3.71. The second kappa shape index (κ2) is 7.99. The minimum atomic E-state index is 0.307. The SMILES string of the molecule is CCN1CCCC(Oc2ccc(NCc3cnc(Cl)s3)cc2)C1. The average Bonchev–Trinajstić information content (AvgIpc) is 3.00. The van der Waals surface area contributed by atoms with E-state index in [9.17, 15) is 0 Å². The Kier molecular flexibility index (Phi) is 5.75. The second-order valence-corrected chi connectivity index (χ2v) is 7.43. The Morgan fingerprint density at radius 1 is 1.39 bits per heavy atom. The van der Waals surface area contributed by atoms with Crippen LogP contribution in [0.3, 0.4) is 0 Å². The summed E-state index contributed by atoms with van der Waals surface area (Å²) in [6, 6.07) is 8.18. The third-order valence-electron chi connectivity index (χ3n) is 4.06. The van der Waals surface area contributed by atoms with E-state index in [1.54, 1.807) is 6.20 Å². The number of thiazole rings is 1. The largest absolute Gasteiger partial charge is 0.489 e. The molecule has 0 bridgehead atoms. The van der Waals surface area contributed by atoms with Gasteiger partial charge in [0.15, 0.2) is 4.47 Å². The smallest absolute Gasteiger partial charge is 0.183 e. The monoisotopic (exact) mass is 351 g/mol. The summed E-state index contributed by atoms with van der Waals surface area (Å²) in [7, 11) is 0. The number of ether oxygens (including phenoxy) is 1. The molecule has 2 heterocycles. The van der Waals surface area contributed by atoms with Gasteiger partial charge in [-0.15, -0.1) is 11.3 Å². The molecule has 0 saturated carbocycles. The van der Waals surface area contributed by atoms with Crippen LogP contribution in [0, 0.1) is 0 Å². The van der Waals surface area contributed by atoms with Crippen molar-refractivity contribution in [3.63, 3.8) is 0 Å². The van der Waals surface area contributed by atoms with E-state index in [1.807, 2.05) is 12.1 Å². The van der Waals surface area contributed by atoms with Crippen molar-refractivity contribution in [1.29, 1.82) is 0 Å². The molecule has 4 nitrogen and oxygen atoms in total. The first-order valence-electron chi connectivity index (χ1n) is 8.06. The standard InChI is InChI=1S/C17H22ClN3OS/c1-2-21-9-3-4-15(12-21)22-14-7-5-13(6-8-14)19-10-16-11-20-17(18)23-16/h5-8,11,15,19H,2-4,9-10,12H2,1H3. The van der Waals surface area contributed by atoms with Crippen LogP contribution in [0.25, 0.3) is 0 Å². The Hall–Kier alpha value is -1.30. The Morgan fingerprint density at radius 3 is 2.91 bits per heavy atom. The average molecular weight is 352 g/mol. The number of hydrogen-bond acceptors (Lipinski definition) is 5. The van der Waals surface area contributed by atoms with Gasteiger partial charge in [-0.3, -0.25) is 4.90 Å². The number of hydrogen-bond donors (Lipinski definition) is 1. The molecule has 1 aromatic carbocycles. The molecular formula is C17H22ClN3OS. The highest BCUT2D eigenvalue weighted by atomic mass is 35.5. The zero-order chi connectivity index (χ0) is 16.1. The number of benzene rings is 1. The fourth-order valence-electron chi connectivity index (χ4n) is 2.79. The van der Waals surface area contributed by atoms with Gasteiger partial charge in [-0.25, -0.2) is 4.98 Å². The third-order valence-corrected chi connectivity index (χ3v) is 5.17. The molecule has 23 heavy (non-hydrogen) atoms. The van der Waals surface area contributed by atoms with Gasteiger partial charge in [0.2, 0.25) is 0 Å². The van der Waals surface area contributed by atoms with E-state index in [0.29, 0.717) is 10.6 Å². The molecule has 1 unspecified atom stereocenters. The van der Waals surface area contributed by atoms with Crippen LogP contribution >= 0.6 is 22.9 Å². The maximum atomic E-state index is 6.11. The maximum absolute atomic E-state index is 6.11. The van der Waals surface area contributed by atoms with Crippen LogP contribution in [-0.2, 0) is 6.54 Å². The summed E-state index contributed by atoms with van der Waals surface area (Å²) in [5.74, 6) is 0.944. The van der Waals surface area contributed by atoms with Crippen LogP contribution in [0.2, 0.25) is 4.47 Å². The van der Waals surface area contributed by atoms with Gasteiger partial charge in [-0.05, 0) is 50.2 Å². The van der Waals surface area contributed by atoms with Crippen LogP contribution in [0.15, 0.2) is 30.5 Å². The van der Waals surface area contributed by atoms with Gasteiger partial charge in [-0.1, -0.05) is 18.5 Å². The summed E-state index contributed by atoms with van der Waals surface area (Å²) in [6.45, 7) is 6.27. The predicted octanol–water partition coefficient (Wildman–Crippen LogP) is 4.27. The van der Waals surface area contributed by atoms with Crippen LogP contribution in [0.5, 0.6) is 5.75 Å². The number of anilines is 1. The normalized spacial score (nSPS) is 18.8. The van der Waals surface area contributed by atoms with Crippen molar-refractivity contribution in [1.82, 2.24) is 9.88 Å². The molecule has 1 fully saturated rings. The molecule has 124 valence electrons. The quantitative estimate of drug-likeness (QED) is 0.843. The molecule has 2 aromatic rings. The van der Waals surface area contributed by atoms with Crippen molar-refractivity contribution >= 4 is 28.6 Å². The van der Waals surface area contributed by atoms with Gasteiger partial charge in [0, 0.05) is 23.3 Å². The number of nitrogens with one attached hydrogen (secondary N) is 1. The molecule has 3 rings (SSSR count). The van der Waals surface area contributed by atoms with E-state index in [-0.39, 0.29) is 0 Å². The first kappa shape index (κ1) is 16.6. The van der Waals surface area contributed by atoms with Crippen LogP contribution in [0.4, 0.5) is 5.69 Å². The van der Waals surface area contributed by atoms with E-state index in [1.165, 1.54) is 24.3 Å². The van der Waals surface area contributed by atoms with Gasteiger partial charge >= 0.3 is 0 Å². The Morgan fingerprint density at radius 2 is 2.22 bits per heavy atom. The molecule has 1 atom stereocenters. The molecule has 1 N–H and O–H groups in total. The van der Waals surface area contributed by atoms with E-state index in [2.05, 4.69) is 34.3 Å². The molecule has 1 aromatic heterocycles. The van der Waals surface area contributed by atoms with Crippen molar-refractivity contribution in [2.45, 2.75) is 32.4 Å². The Balaban J connectivity index is 1.50. The summed E-state index contributed by atoms with van der Waals surface area (Å²) < 4.78 is 6.70. The minimum Gasteiger partial charge on any atom is -0.489 e. The number of likely N-dealkylation sites (tertiary alicyclic amines) is 1. The summed E-state index contributed by atoms with van der Waals surface area (Å²) in [5.41, 5.74) is 1.07. The lowest BCUT2D eigenvalue weighted by Gasteiger charge is -2.32. The number of nitrogens with zero attached hydrogens (tertiary/aromatic N) is 2. The number of aromatic nitrogens is 1. The molecule has 0 amide bonds. The topological polar surface area (TPSA) is 37.4 Å². The third kappa shape index (κ3) is 4.83. The lowest BCUT2D eigenvalue weighted by Crippen LogP contribution is -2.40. The van der Waals surface area contributed by atoms with Crippen LogP contribution in [0.1, 0.15) is 24.6 Å². The molecule has 1 aliphatic rings. The van der Waals surface area contributed by atoms with Gasteiger partial charge < -0.3 is 10.1 Å². The molecule has 0 spiro atoms. The fraction of sp³-hybridized carbons (Fsp3) is 0.471. The van der Waals surface area contributed by atoms with Crippen molar-refractivity contribution in [3.8, 4) is 5.75 Å². The highest BCUT2D eigenvalue weighted by Gasteiger charge is 2.19. The first-order valence-corrected chi connectivity index (χ1v) is 9.25. The first-order chi connectivity index (χ1) is 11.2. The van der Waals surface area contributed by atoms with E-state index in [4.69, 9.17) is 16.3 Å². The zero-order valence-corrected chi connectivity index (χ0v) is 14.9. The summed E-state index contributed by atoms with van der Waals surface area (Å²) in [6.07, 6.45) is 4.47.